The molecule has 0 fully saturated rings. The Hall–Kier alpha value is -4.85. The minimum absolute atomic E-state index is 0.266. The summed E-state index contributed by atoms with van der Waals surface area (Å²) < 4.78 is 0. The van der Waals surface area contributed by atoms with Crippen molar-refractivity contribution < 1.29 is 28.8 Å². The lowest BCUT2D eigenvalue weighted by Crippen LogP contribution is -2.44. The van der Waals surface area contributed by atoms with Gasteiger partial charge in [0.05, 0.1) is 16.5 Å². The number of carbonyl (C=O) groups is 5. The fourth-order valence-corrected chi connectivity index (χ4v) is 7.59. The van der Waals surface area contributed by atoms with Crippen LogP contribution in [0.5, 0.6) is 0 Å². The summed E-state index contributed by atoms with van der Waals surface area (Å²) in [5, 5.41) is 6.79. The first-order valence-electron chi connectivity index (χ1n) is 17.1. The maximum atomic E-state index is 14.0. The Morgan fingerprint density at radius 2 is 1.10 bits per heavy atom. The minimum Gasteiger partial charge on any atom is -0.329 e. The van der Waals surface area contributed by atoms with Crippen molar-refractivity contribution in [3.8, 4) is 0 Å². The van der Waals surface area contributed by atoms with Crippen LogP contribution < -0.4 is 0 Å². The molecule has 0 saturated carbocycles. The summed E-state index contributed by atoms with van der Waals surface area (Å²) >= 11 is 0. The van der Waals surface area contributed by atoms with Crippen molar-refractivity contribution in [2.75, 3.05) is 6.54 Å². The highest BCUT2D eigenvalue weighted by Crippen LogP contribution is 2.48. The molecule has 2 aliphatic rings. The second-order valence-corrected chi connectivity index (χ2v) is 14.1. The summed E-state index contributed by atoms with van der Waals surface area (Å²) in [5.74, 6) is -2.57. The Kier molecular flexibility index (Phi) is 7.53. The zero-order valence-corrected chi connectivity index (χ0v) is 28.5. The molecule has 0 N–H and O–H groups in total. The van der Waals surface area contributed by atoms with E-state index in [-0.39, 0.29) is 22.9 Å². The molecule has 2 aliphatic heterocycles. The van der Waals surface area contributed by atoms with Crippen LogP contribution >= 0.6 is 0 Å². The topological polar surface area (TPSA) is 101 Å². The molecule has 48 heavy (non-hydrogen) atoms. The molecular formula is C40H40N2O6. The molecule has 0 saturated heterocycles. The maximum Gasteiger partial charge on any atom is 0.338 e. The lowest BCUT2D eigenvalue weighted by atomic mass is 9.80. The van der Waals surface area contributed by atoms with Crippen molar-refractivity contribution >= 4 is 72.7 Å². The molecule has 2 heterocycles. The predicted octanol–water partition coefficient (Wildman–Crippen LogP) is 8.80. The molecule has 5 aromatic carbocycles. The number of imide groups is 2. The molecule has 0 aliphatic carbocycles. The van der Waals surface area contributed by atoms with Gasteiger partial charge in [-0.05, 0) is 108 Å². The van der Waals surface area contributed by atoms with Crippen LogP contribution in [-0.4, -0.2) is 46.1 Å². The van der Waals surface area contributed by atoms with Crippen LogP contribution in [0.15, 0.2) is 36.4 Å². The molecule has 0 aromatic heterocycles. The third-order valence-electron chi connectivity index (χ3n) is 10.6. The SMILES string of the molecule is CCCCCCCCN1C(=O)c2ccc3c4c(C)cc5c6c(ccc(c7c(C)cc(c2c37)C1=O)c64)C(=O)N(OC(=O)C(C)(C)CC)C5=O. The van der Waals surface area contributed by atoms with E-state index in [9.17, 15) is 24.0 Å². The molecule has 4 amide bonds. The maximum absolute atomic E-state index is 14.0. The molecule has 8 nitrogen and oxygen atoms in total. The Morgan fingerprint density at radius 3 is 1.67 bits per heavy atom. The van der Waals surface area contributed by atoms with E-state index < -0.39 is 23.2 Å². The minimum atomic E-state index is -0.880. The molecule has 0 spiro atoms. The van der Waals surface area contributed by atoms with E-state index in [0.717, 1.165) is 75.5 Å². The zero-order chi connectivity index (χ0) is 34.2. The monoisotopic (exact) mass is 644 g/mol. The van der Waals surface area contributed by atoms with Gasteiger partial charge in [0.25, 0.3) is 23.6 Å². The summed E-state index contributed by atoms with van der Waals surface area (Å²) in [6.07, 6.45) is 6.83. The molecule has 7 rings (SSSR count). The predicted molar refractivity (Wildman–Crippen MR) is 187 cm³/mol. The van der Waals surface area contributed by atoms with E-state index in [1.54, 1.807) is 26.0 Å². The zero-order valence-electron chi connectivity index (χ0n) is 28.5. The van der Waals surface area contributed by atoms with Crippen LogP contribution in [0.2, 0.25) is 0 Å². The molecule has 0 radical (unpaired) electrons. The van der Waals surface area contributed by atoms with Gasteiger partial charge in [0, 0.05) is 28.4 Å². The number of rotatable bonds is 10. The summed E-state index contributed by atoms with van der Waals surface area (Å²) in [6.45, 7) is 11.7. The number of hydrogen-bond acceptors (Lipinski definition) is 6. The van der Waals surface area contributed by atoms with Crippen LogP contribution in [0.1, 0.15) is 125 Å². The van der Waals surface area contributed by atoms with E-state index in [2.05, 4.69) is 6.92 Å². The number of unbranched alkanes of at least 4 members (excludes halogenated alkanes) is 5. The van der Waals surface area contributed by atoms with Crippen molar-refractivity contribution in [3.63, 3.8) is 0 Å². The first-order chi connectivity index (χ1) is 22.9. The second kappa shape index (κ2) is 11.4. The van der Waals surface area contributed by atoms with Crippen molar-refractivity contribution in [2.45, 2.75) is 86.5 Å². The van der Waals surface area contributed by atoms with Gasteiger partial charge in [-0.1, -0.05) is 63.1 Å². The average molecular weight is 645 g/mol. The molecule has 246 valence electrons. The number of nitrogens with zero attached hydrogens (tertiary/aromatic N) is 2. The number of carbonyl (C=O) groups excluding carboxylic acids is 5. The van der Waals surface area contributed by atoms with Crippen LogP contribution in [0.4, 0.5) is 0 Å². The summed E-state index contributed by atoms with van der Waals surface area (Å²) in [4.78, 5) is 75.3. The van der Waals surface area contributed by atoms with Crippen LogP contribution in [-0.2, 0) is 9.63 Å². The standard InChI is InChI=1S/C40H40N2O6/c1-7-9-10-11-12-13-18-41-35(43)25-16-14-23-30-22(4)20-28-32-26(37(45)42(38(28)46)48-39(47)40(5,6)8-2)17-15-24(34(30)32)29-21(3)19-27(36(41)44)31(25)33(23)29/h14-17,19-20H,7-13,18H2,1-6H3. The Morgan fingerprint density at radius 1 is 0.625 bits per heavy atom. The molecule has 0 atom stereocenters. The molecular weight excluding hydrogens is 604 g/mol. The second-order valence-electron chi connectivity index (χ2n) is 14.1. The summed E-state index contributed by atoms with van der Waals surface area (Å²) in [7, 11) is 0. The van der Waals surface area contributed by atoms with Gasteiger partial charge in [-0.3, -0.25) is 24.1 Å². The molecule has 0 unspecified atom stereocenters. The molecule has 5 aromatic rings. The lowest BCUT2D eigenvalue weighted by Gasteiger charge is -2.31. The Balaban J connectivity index is 1.40. The lowest BCUT2D eigenvalue weighted by molar-refractivity contribution is -0.180. The van der Waals surface area contributed by atoms with E-state index >= 15 is 0 Å². The highest BCUT2D eigenvalue weighted by atomic mass is 16.7. The van der Waals surface area contributed by atoms with Crippen molar-refractivity contribution in [3.05, 3.63) is 69.8 Å². The fourth-order valence-electron chi connectivity index (χ4n) is 7.59. The van der Waals surface area contributed by atoms with Gasteiger partial charge in [-0.25, -0.2) is 4.79 Å². The van der Waals surface area contributed by atoms with Gasteiger partial charge in [0.2, 0.25) is 0 Å². The molecule has 8 heteroatoms. The number of aryl methyl sites for hydroxylation is 2. The summed E-state index contributed by atoms with van der Waals surface area (Å²) in [5.41, 5.74) is 2.38. The van der Waals surface area contributed by atoms with Gasteiger partial charge < -0.3 is 4.84 Å². The number of hydrogen-bond donors (Lipinski definition) is 0. The highest BCUT2D eigenvalue weighted by molar-refractivity contribution is 6.42. The number of amides is 4. The van der Waals surface area contributed by atoms with Gasteiger partial charge in [0.1, 0.15) is 0 Å². The van der Waals surface area contributed by atoms with E-state index in [1.165, 1.54) is 11.3 Å². The van der Waals surface area contributed by atoms with Crippen LogP contribution in [0.3, 0.4) is 0 Å². The molecule has 0 bridgehead atoms. The van der Waals surface area contributed by atoms with Crippen molar-refractivity contribution in [1.29, 1.82) is 0 Å². The summed E-state index contributed by atoms with van der Waals surface area (Å²) in [6, 6.07) is 10.9. The Bertz CT molecular complexity index is 2250. The Labute approximate surface area is 279 Å². The fraction of sp³-hybridized carbons (Fsp3) is 0.375. The largest absolute Gasteiger partial charge is 0.338 e. The van der Waals surface area contributed by atoms with Crippen molar-refractivity contribution in [1.82, 2.24) is 9.96 Å². The van der Waals surface area contributed by atoms with Crippen LogP contribution in [0.25, 0.3) is 43.1 Å². The van der Waals surface area contributed by atoms with Crippen LogP contribution in [0, 0.1) is 19.3 Å². The normalized spacial score (nSPS) is 14.9. The quantitative estimate of drug-likeness (QED) is 0.0652. The van der Waals surface area contributed by atoms with E-state index in [4.69, 9.17) is 4.84 Å². The van der Waals surface area contributed by atoms with Gasteiger partial charge in [0.15, 0.2) is 0 Å². The van der Waals surface area contributed by atoms with E-state index in [1.807, 2.05) is 45.0 Å². The van der Waals surface area contributed by atoms with Gasteiger partial charge in [-0.2, -0.15) is 0 Å². The number of fused-ring (bicyclic) bond motifs is 2. The third-order valence-corrected chi connectivity index (χ3v) is 10.6. The first-order valence-corrected chi connectivity index (χ1v) is 17.1. The first kappa shape index (κ1) is 31.7. The van der Waals surface area contributed by atoms with Crippen molar-refractivity contribution in [2.24, 2.45) is 5.41 Å². The van der Waals surface area contributed by atoms with Gasteiger partial charge >= 0.3 is 5.97 Å². The number of hydroxylamine groups is 2. The average Bonchev–Trinajstić information content (AvgIpc) is 3.07. The van der Waals surface area contributed by atoms with Gasteiger partial charge in [-0.15, -0.1) is 0 Å². The smallest absolute Gasteiger partial charge is 0.329 e. The highest BCUT2D eigenvalue weighted by Gasteiger charge is 2.41. The van der Waals surface area contributed by atoms with E-state index in [0.29, 0.717) is 39.9 Å². The third kappa shape index (κ3) is 4.45. The number of benzene rings is 5.